The Kier molecular flexibility index (Phi) is 17.8. The number of unbranched alkanes of at least 4 members (excludes halogenated alkanes) is 1. The van der Waals surface area contributed by atoms with Crippen molar-refractivity contribution in [2.45, 2.75) is 89.1 Å². The maximum absolute atomic E-state index is 14.2. The summed E-state index contributed by atoms with van der Waals surface area (Å²) in [7, 11) is 3.86. The van der Waals surface area contributed by atoms with Gasteiger partial charge in [0.25, 0.3) is 0 Å². The van der Waals surface area contributed by atoms with Crippen LogP contribution in [0.5, 0.6) is 0 Å². The van der Waals surface area contributed by atoms with E-state index in [0.29, 0.717) is 17.5 Å². The molecule has 1 aromatic heterocycles. The van der Waals surface area contributed by atoms with E-state index in [1.165, 1.54) is 6.08 Å². The van der Waals surface area contributed by atoms with Crippen LogP contribution >= 0.6 is 0 Å². The Labute approximate surface area is 366 Å². The highest BCUT2D eigenvalue weighted by Gasteiger charge is 2.33. The van der Waals surface area contributed by atoms with E-state index in [-0.39, 0.29) is 38.1 Å². The van der Waals surface area contributed by atoms with Gasteiger partial charge in [-0.25, -0.2) is 4.79 Å². The molecular weight excluding hydrogens is 809 g/mol. The molecule has 3 aromatic carbocycles. The van der Waals surface area contributed by atoms with Crippen molar-refractivity contribution in [1.29, 1.82) is 0 Å². The number of anilines is 1. The number of rotatable bonds is 22. The lowest BCUT2D eigenvalue weighted by Gasteiger charge is -2.26. The monoisotopic (exact) mass is 866 g/mol. The minimum atomic E-state index is -1.68. The molecule has 0 spiro atoms. The maximum Gasteiger partial charge on any atom is 0.408 e. The highest BCUT2D eigenvalue weighted by atomic mass is 16.6. The fourth-order valence-electron chi connectivity index (χ4n) is 6.52. The molecule has 9 N–H and O–H groups in total. The number of ether oxygens (including phenoxy) is 1. The molecule has 0 unspecified atom stereocenters. The lowest BCUT2D eigenvalue weighted by molar-refractivity contribution is -0.141. The Morgan fingerprint density at radius 1 is 0.762 bits per heavy atom. The highest BCUT2D eigenvalue weighted by Crippen LogP contribution is 2.20. The van der Waals surface area contributed by atoms with Crippen molar-refractivity contribution in [3.8, 4) is 0 Å². The van der Waals surface area contributed by atoms with Crippen LogP contribution in [0.25, 0.3) is 17.0 Å². The fourth-order valence-corrected chi connectivity index (χ4v) is 6.52. The predicted molar refractivity (Wildman–Crippen MR) is 239 cm³/mol. The van der Waals surface area contributed by atoms with Gasteiger partial charge in [-0.2, -0.15) is 0 Å². The minimum Gasteiger partial charge on any atom is -0.481 e. The number of fused-ring (bicyclic) bond motifs is 1. The number of hydrogen-bond acceptors (Lipinski definition) is 9. The Balaban J connectivity index is 1.52. The van der Waals surface area contributed by atoms with Crippen molar-refractivity contribution in [3.05, 3.63) is 108 Å². The van der Waals surface area contributed by atoms with E-state index in [1.807, 2.05) is 67.5 Å². The number of H-pyrrole nitrogens is 1. The zero-order chi connectivity index (χ0) is 46.1. The van der Waals surface area contributed by atoms with Gasteiger partial charge in [0.1, 0.15) is 29.8 Å². The van der Waals surface area contributed by atoms with Crippen molar-refractivity contribution >= 4 is 64.3 Å². The Hall–Kier alpha value is -7.17. The van der Waals surface area contributed by atoms with Crippen LogP contribution in [-0.4, -0.2) is 102 Å². The second-order valence-corrected chi connectivity index (χ2v) is 16.2. The minimum absolute atomic E-state index is 0.00694. The number of aliphatic carboxylic acids is 1. The van der Waals surface area contributed by atoms with Gasteiger partial charge >= 0.3 is 12.1 Å². The summed E-state index contributed by atoms with van der Waals surface area (Å²) in [5.74, 6) is -5.29. The van der Waals surface area contributed by atoms with E-state index in [2.05, 4.69) is 31.6 Å². The van der Waals surface area contributed by atoms with Crippen LogP contribution in [0.1, 0.15) is 63.1 Å². The Bertz CT molecular complexity index is 2230. The number of carboxylic acids is 1. The number of aromatic amines is 1. The van der Waals surface area contributed by atoms with Gasteiger partial charge in [-0.05, 0) is 81.0 Å². The number of carboxylic acid groups (broad SMARTS) is 1. The molecule has 0 aliphatic rings. The van der Waals surface area contributed by atoms with E-state index in [4.69, 9.17) is 10.5 Å². The number of nitrogens with two attached hydrogens (primary N) is 1. The molecule has 1 heterocycles. The molecule has 0 radical (unpaired) electrons. The summed E-state index contributed by atoms with van der Waals surface area (Å²) >= 11 is 0. The number of para-hydroxylation sites is 1. The molecule has 0 aliphatic heterocycles. The molecule has 336 valence electrons. The molecule has 4 atom stereocenters. The average molecular weight is 867 g/mol. The summed E-state index contributed by atoms with van der Waals surface area (Å²) < 4.78 is 5.45. The number of carbonyl (C=O) groups is 7. The second kappa shape index (κ2) is 23.2. The number of nitrogens with zero attached hydrogens (tertiary/aromatic N) is 1. The molecule has 17 nitrogen and oxygen atoms in total. The zero-order valence-corrected chi connectivity index (χ0v) is 36.2. The highest BCUT2D eigenvalue weighted by molar-refractivity contribution is 5.97. The SMILES string of the molecule is CN(C)c1ccc(/C=C/C(=O)NCCCC[C@H](NC(=O)[C@H](Cc2c[nH]c3ccccc23)NC(=O)OC(C)(C)C)C(=O)N[C@@H](CC(=O)O)C(=O)N[C@@H](Cc2ccccc2)C(N)=O)cc1. The predicted octanol–water partition coefficient (Wildman–Crippen LogP) is 3.33. The van der Waals surface area contributed by atoms with Gasteiger partial charge in [-0.1, -0.05) is 60.7 Å². The van der Waals surface area contributed by atoms with Gasteiger partial charge in [0.2, 0.25) is 29.5 Å². The summed E-state index contributed by atoms with van der Waals surface area (Å²) in [5, 5.41) is 23.6. The summed E-state index contributed by atoms with van der Waals surface area (Å²) in [6.45, 7) is 5.22. The zero-order valence-electron chi connectivity index (χ0n) is 36.2. The third kappa shape index (κ3) is 16.3. The van der Waals surface area contributed by atoms with Crippen LogP contribution in [0, 0.1) is 0 Å². The molecule has 0 fully saturated rings. The van der Waals surface area contributed by atoms with Crippen molar-refractivity contribution in [3.63, 3.8) is 0 Å². The lowest BCUT2D eigenvalue weighted by Crippen LogP contribution is -2.59. The normalized spacial score (nSPS) is 13.2. The molecule has 0 saturated heterocycles. The van der Waals surface area contributed by atoms with Gasteiger partial charge in [-0.15, -0.1) is 0 Å². The Morgan fingerprint density at radius 2 is 1.38 bits per heavy atom. The molecule has 4 rings (SSSR count). The van der Waals surface area contributed by atoms with Gasteiger partial charge < -0.3 is 52.0 Å². The maximum atomic E-state index is 14.2. The third-order valence-electron chi connectivity index (χ3n) is 9.75. The van der Waals surface area contributed by atoms with Gasteiger partial charge in [-0.3, -0.25) is 28.8 Å². The summed E-state index contributed by atoms with van der Waals surface area (Å²) in [6, 6.07) is 18.2. The van der Waals surface area contributed by atoms with E-state index >= 15 is 0 Å². The number of alkyl carbamates (subject to hydrolysis) is 1. The number of nitrogens with one attached hydrogen (secondary N) is 6. The largest absolute Gasteiger partial charge is 0.481 e. The van der Waals surface area contributed by atoms with Gasteiger partial charge in [0, 0.05) is 62.3 Å². The van der Waals surface area contributed by atoms with E-state index < -0.39 is 71.9 Å². The first kappa shape index (κ1) is 48.5. The topological polar surface area (TPSA) is 254 Å². The first-order valence-corrected chi connectivity index (χ1v) is 20.6. The van der Waals surface area contributed by atoms with E-state index in [9.17, 15) is 38.7 Å². The van der Waals surface area contributed by atoms with Crippen LogP contribution in [0.3, 0.4) is 0 Å². The first-order valence-electron chi connectivity index (χ1n) is 20.6. The van der Waals surface area contributed by atoms with Crippen LogP contribution < -0.4 is 37.2 Å². The number of aromatic nitrogens is 1. The second-order valence-electron chi connectivity index (χ2n) is 16.2. The molecule has 4 aromatic rings. The fraction of sp³-hybridized carbons (Fsp3) is 0.370. The number of hydrogen-bond donors (Lipinski definition) is 8. The number of primary amides is 1. The molecule has 0 bridgehead atoms. The average Bonchev–Trinajstić information content (AvgIpc) is 3.63. The van der Waals surface area contributed by atoms with Gasteiger partial charge in [0.15, 0.2) is 0 Å². The third-order valence-corrected chi connectivity index (χ3v) is 9.75. The molecule has 63 heavy (non-hydrogen) atoms. The lowest BCUT2D eigenvalue weighted by atomic mass is 10.0. The van der Waals surface area contributed by atoms with E-state index in [1.54, 1.807) is 63.4 Å². The van der Waals surface area contributed by atoms with Gasteiger partial charge in [0.05, 0.1) is 6.42 Å². The summed E-state index contributed by atoms with van der Waals surface area (Å²) in [6.07, 6.45) is 3.67. The smallest absolute Gasteiger partial charge is 0.408 e. The van der Waals surface area contributed by atoms with Crippen LogP contribution in [0.4, 0.5) is 10.5 Å². The van der Waals surface area contributed by atoms with Crippen molar-refractivity contribution in [1.82, 2.24) is 31.6 Å². The van der Waals surface area contributed by atoms with Crippen LogP contribution in [-0.2, 0) is 46.3 Å². The first-order chi connectivity index (χ1) is 29.9. The van der Waals surface area contributed by atoms with Crippen LogP contribution in [0.15, 0.2) is 91.1 Å². The molecule has 17 heteroatoms. The van der Waals surface area contributed by atoms with Crippen LogP contribution in [0.2, 0.25) is 0 Å². The standard InChI is InChI=1S/C46H58N8O9/c1-46(2,3)63-45(62)53-37(26-31-28-49-34-16-10-9-15-33(31)34)43(60)50-35(17-11-12-24-48-39(55)23-20-29-18-21-32(22-19-29)54(4)5)42(59)52-38(27-40(56)57)44(61)51-36(41(47)58)25-30-13-7-6-8-14-30/h6-10,13-16,18-23,28,35-38,49H,11-12,17,24-27H2,1-5H3,(H2,47,58)(H,48,55)(H,50,60)(H,51,61)(H,52,59)(H,53,62)(H,56,57)/b23-20+/t35-,36-,37-,38-/m0/s1. The van der Waals surface area contributed by atoms with Crippen molar-refractivity contribution in [2.75, 3.05) is 25.5 Å². The summed E-state index contributed by atoms with van der Waals surface area (Å²) in [5.41, 5.74) is 8.71. The Morgan fingerprint density at radius 3 is 2.03 bits per heavy atom. The molecule has 0 aliphatic carbocycles. The van der Waals surface area contributed by atoms with Crippen molar-refractivity contribution in [2.24, 2.45) is 5.73 Å². The number of carbonyl (C=O) groups excluding carboxylic acids is 6. The molecule has 6 amide bonds. The molecular formula is C46H58N8O9. The quantitative estimate of drug-likeness (QED) is 0.0423. The van der Waals surface area contributed by atoms with Crippen molar-refractivity contribution < 1.29 is 43.4 Å². The summed E-state index contributed by atoms with van der Waals surface area (Å²) in [4.78, 5) is 96.9. The van der Waals surface area contributed by atoms with E-state index in [0.717, 1.165) is 22.2 Å². The number of benzene rings is 3. The molecule has 0 saturated carbocycles. The number of amides is 6.